The molecule has 1 amide bonds. The highest BCUT2D eigenvalue weighted by Gasteiger charge is 2.22. The fraction of sp³-hybridized carbons (Fsp3) is 0.200. The molecule has 27 heavy (non-hydrogen) atoms. The number of nitrogens with zero attached hydrogens (tertiary/aromatic N) is 2. The van der Waals surface area contributed by atoms with Crippen LogP contribution < -0.4 is 5.32 Å². The van der Waals surface area contributed by atoms with Crippen molar-refractivity contribution in [3.63, 3.8) is 0 Å². The number of rotatable bonds is 6. The van der Waals surface area contributed by atoms with Gasteiger partial charge in [0.25, 0.3) is 5.69 Å². The van der Waals surface area contributed by atoms with E-state index < -0.39 is 11.0 Å². The lowest BCUT2D eigenvalue weighted by Crippen LogP contribution is -2.29. The Bertz CT molecular complexity index is 986. The molecule has 7 nitrogen and oxygen atoms in total. The molecule has 1 heterocycles. The largest absolute Gasteiger partial charge is 0.505 e. The number of aromatic hydroxyl groups is 1. The van der Waals surface area contributed by atoms with Crippen molar-refractivity contribution in [1.29, 1.82) is 0 Å². The van der Waals surface area contributed by atoms with E-state index in [1.165, 1.54) is 12.1 Å². The van der Waals surface area contributed by atoms with E-state index in [2.05, 4.69) is 10.3 Å². The molecule has 3 aromatic rings. The third-order valence-electron chi connectivity index (χ3n) is 4.31. The fourth-order valence-corrected chi connectivity index (χ4v) is 2.97. The summed E-state index contributed by atoms with van der Waals surface area (Å²) >= 11 is 0. The van der Waals surface area contributed by atoms with Gasteiger partial charge in [0.2, 0.25) is 5.91 Å². The zero-order chi connectivity index (χ0) is 19.4. The number of pyridine rings is 1. The molecule has 138 valence electrons. The van der Waals surface area contributed by atoms with Gasteiger partial charge in [0.15, 0.2) is 0 Å². The number of nitrogens with one attached hydrogen (secondary N) is 1. The minimum Gasteiger partial charge on any atom is -0.505 e. The summed E-state index contributed by atoms with van der Waals surface area (Å²) in [6.45, 7) is 1.90. The number of hydrogen-bond acceptors (Lipinski definition) is 5. The standard InChI is InChI=1S/C20H19N3O4/c1-2-4-17(24)22-18(14-6-9-15(10-7-14)23(26)27)16-11-8-13-5-3-12-21-19(13)20(16)25/h3,5-12,18,25H,2,4H2,1H3,(H,22,24)/t18-/m1/s1. The molecule has 2 N–H and O–H groups in total. The molecule has 0 saturated carbocycles. The Kier molecular flexibility index (Phi) is 5.30. The predicted octanol–water partition coefficient (Wildman–Crippen LogP) is 3.85. The number of fused-ring (bicyclic) bond motifs is 1. The second-order valence-corrected chi connectivity index (χ2v) is 6.18. The van der Waals surface area contributed by atoms with Gasteiger partial charge in [-0.3, -0.25) is 19.9 Å². The van der Waals surface area contributed by atoms with Crippen LogP contribution in [0.2, 0.25) is 0 Å². The number of carbonyl (C=O) groups is 1. The summed E-state index contributed by atoms with van der Waals surface area (Å²) < 4.78 is 0. The molecule has 0 fully saturated rings. The first-order valence-electron chi connectivity index (χ1n) is 8.61. The van der Waals surface area contributed by atoms with E-state index >= 15 is 0 Å². The quantitative estimate of drug-likeness (QED) is 0.510. The van der Waals surface area contributed by atoms with Gasteiger partial charge < -0.3 is 10.4 Å². The van der Waals surface area contributed by atoms with Gasteiger partial charge in [-0.25, -0.2) is 0 Å². The number of carbonyl (C=O) groups excluding carboxylic acids is 1. The van der Waals surface area contributed by atoms with Crippen LogP contribution in [0.1, 0.15) is 36.9 Å². The normalized spacial score (nSPS) is 11.9. The molecule has 0 radical (unpaired) electrons. The maximum absolute atomic E-state index is 12.2. The third-order valence-corrected chi connectivity index (χ3v) is 4.31. The van der Waals surface area contributed by atoms with Crippen molar-refractivity contribution in [1.82, 2.24) is 10.3 Å². The van der Waals surface area contributed by atoms with Crippen molar-refractivity contribution in [3.8, 4) is 5.75 Å². The number of aromatic nitrogens is 1. The molecule has 0 bridgehead atoms. The number of phenols is 1. The van der Waals surface area contributed by atoms with Gasteiger partial charge in [-0.15, -0.1) is 0 Å². The average Bonchev–Trinajstić information content (AvgIpc) is 2.67. The summed E-state index contributed by atoms with van der Waals surface area (Å²) in [5.41, 5.74) is 1.52. The van der Waals surface area contributed by atoms with Crippen LogP contribution in [0.25, 0.3) is 10.9 Å². The first-order chi connectivity index (χ1) is 13.0. The number of nitro groups is 1. The smallest absolute Gasteiger partial charge is 0.269 e. The van der Waals surface area contributed by atoms with Gasteiger partial charge in [0, 0.05) is 35.7 Å². The van der Waals surface area contributed by atoms with Crippen molar-refractivity contribution >= 4 is 22.5 Å². The summed E-state index contributed by atoms with van der Waals surface area (Å²) in [5.74, 6) is -0.186. The van der Waals surface area contributed by atoms with Crippen LogP contribution in [0, 0.1) is 10.1 Å². The summed E-state index contributed by atoms with van der Waals surface area (Å²) in [6, 6.07) is 12.4. The van der Waals surface area contributed by atoms with E-state index in [1.807, 2.05) is 19.1 Å². The third kappa shape index (κ3) is 3.87. The summed E-state index contributed by atoms with van der Waals surface area (Å²) in [7, 11) is 0. The van der Waals surface area contributed by atoms with Crippen LogP contribution in [0.4, 0.5) is 5.69 Å². The van der Waals surface area contributed by atoms with Crippen molar-refractivity contribution in [2.24, 2.45) is 0 Å². The van der Waals surface area contributed by atoms with Crippen molar-refractivity contribution in [3.05, 3.63) is 76.0 Å². The van der Waals surface area contributed by atoms with Gasteiger partial charge in [0.1, 0.15) is 11.3 Å². The van der Waals surface area contributed by atoms with Crippen molar-refractivity contribution in [2.75, 3.05) is 0 Å². The van der Waals surface area contributed by atoms with Crippen LogP contribution in [0.15, 0.2) is 54.7 Å². The molecule has 2 aromatic carbocycles. The summed E-state index contributed by atoms with van der Waals surface area (Å²) in [5, 5.41) is 25.3. The van der Waals surface area contributed by atoms with Gasteiger partial charge in [-0.2, -0.15) is 0 Å². The Hall–Kier alpha value is -3.48. The van der Waals surface area contributed by atoms with E-state index in [9.17, 15) is 20.0 Å². The molecule has 1 aromatic heterocycles. The zero-order valence-corrected chi connectivity index (χ0v) is 14.8. The predicted molar refractivity (Wildman–Crippen MR) is 101 cm³/mol. The molecular weight excluding hydrogens is 346 g/mol. The number of amides is 1. The number of non-ortho nitro benzene ring substituents is 1. The highest BCUT2D eigenvalue weighted by Crippen LogP contribution is 2.35. The monoisotopic (exact) mass is 365 g/mol. The van der Waals surface area contributed by atoms with Crippen molar-refractivity contribution in [2.45, 2.75) is 25.8 Å². The van der Waals surface area contributed by atoms with E-state index in [0.29, 0.717) is 29.5 Å². The second-order valence-electron chi connectivity index (χ2n) is 6.18. The second kappa shape index (κ2) is 7.82. The lowest BCUT2D eigenvalue weighted by Gasteiger charge is -2.21. The lowest BCUT2D eigenvalue weighted by atomic mass is 9.96. The van der Waals surface area contributed by atoms with Gasteiger partial charge >= 0.3 is 0 Å². The van der Waals surface area contributed by atoms with Gasteiger partial charge in [0.05, 0.1) is 11.0 Å². The average molecular weight is 365 g/mol. The first kappa shape index (κ1) is 18.3. The Labute approximate surface area is 155 Å². The lowest BCUT2D eigenvalue weighted by molar-refractivity contribution is -0.384. The number of nitro benzene ring substituents is 1. The maximum Gasteiger partial charge on any atom is 0.269 e. The molecule has 0 spiro atoms. The van der Waals surface area contributed by atoms with E-state index in [0.717, 1.165) is 5.39 Å². The first-order valence-corrected chi connectivity index (χ1v) is 8.61. The minimum absolute atomic E-state index is 0.0201. The Balaban J connectivity index is 2.08. The molecule has 0 aliphatic rings. The molecule has 0 aliphatic carbocycles. The number of phenolic OH excluding ortho intramolecular Hbond substituents is 1. The number of benzene rings is 2. The Morgan fingerprint density at radius 1 is 1.22 bits per heavy atom. The maximum atomic E-state index is 12.2. The summed E-state index contributed by atoms with van der Waals surface area (Å²) in [6.07, 6.45) is 2.61. The molecular formula is C20H19N3O4. The highest BCUT2D eigenvalue weighted by atomic mass is 16.6. The topological polar surface area (TPSA) is 105 Å². The number of hydrogen-bond donors (Lipinski definition) is 2. The van der Waals surface area contributed by atoms with Crippen LogP contribution in [0.3, 0.4) is 0 Å². The van der Waals surface area contributed by atoms with Gasteiger partial charge in [-0.05, 0) is 30.2 Å². The minimum atomic E-state index is -0.642. The molecule has 1 atom stereocenters. The fourth-order valence-electron chi connectivity index (χ4n) is 2.97. The molecule has 3 rings (SSSR count). The van der Waals surface area contributed by atoms with Crippen LogP contribution in [0.5, 0.6) is 5.75 Å². The Morgan fingerprint density at radius 2 is 1.96 bits per heavy atom. The zero-order valence-electron chi connectivity index (χ0n) is 14.8. The molecule has 0 unspecified atom stereocenters. The SMILES string of the molecule is CCCC(=O)N[C@H](c1ccc([N+](=O)[O-])cc1)c1ccc2cccnc2c1O. The summed E-state index contributed by atoms with van der Waals surface area (Å²) in [4.78, 5) is 26.9. The highest BCUT2D eigenvalue weighted by molar-refractivity contribution is 5.86. The molecule has 7 heteroatoms. The van der Waals surface area contributed by atoms with Gasteiger partial charge in [-0.1, -0.05) is 25.1 Å². The van der Waals surface area contributed by atoms with E-state index in [4.69, 9.17) is 0 Å². The molecule has 0 aliphatic heterocycles. The van der Waals surface area contributed by atoms with Crippen LogP contribution in [-0.2, 0) is 4.79 Å². The van der Waals surface area contributed by atoms with E-state index in [1.54, 1.807) is 30.5 Å². The van der Waals surface area contributed by atoms with E-state index in [-0.39, 0.29) is 17.3 Å². The van der Waals surface area contributed by atoms with Crippen LogP contribution in [-0.4, -0.2) is 20.9 Å². The Morgan fingerprint density at radius 3 is 2.63 bits per heavy atom. The molecule has 0 saturated heterocycles. The van der Waals surface area contributed by atoms with Crippen molar-refractivity contribution < 1.29 is 14.8 Å². The van der Waals surface area contributed by atoms with Crippen LogP contribution >= 0.6 is 0 Å².